The monoisotopic (exact) mass is 651 g/mol. The number of sulfonamides is 1. The third kappa shape index (κ3) is 8.20. The normalized spacial score (nSPS) is 11.9. The van der Waals surface area contributed by atoms with Gasteiger partial charge in [-0.05, 0) is 60.4 Å². The molecule has 230 valence electrons. The number of carbonyl (C=O) groups excluding carboxylic acids is 2. The highest BCUT2D eigenvalue weighted by Crippen LogP contribution is 2.28. The minimum Gasteiger partial charge on any atom is -0.354 e. The van der Waals surface area contributed by atoms with Gasteiger partial charge in [0.25, 0.3) is 10.0 Å². The lowest BCUT2D eigenvalue weighted by molar-refractivity contribution is -0.140. The predicted molar refractivity (Wildman–Crippen MR) is 176 cm³/mol. The number of nitrogens with one attached hydrogen (secondary N) is 1. The number of rotatable bonds is 13. The van der Waals surface area contributed by atoms with Crippen molar-refractivity contribution < 1.29 is 18.0 Å². The molecule has 0 heterocycles. The average molecular weight is 653 g/mol. The van der Waals surface area contributed by atoms with Gasteiger partial charge < -0.3 is 10.2 Å². The standard InChI is InChI=1S/C34H35Cl2N3O4S/c1-3-20-37-34(41)32(22-26-13-6-4-7-14-26)38(23-27-18-19-29(35)30(36)21-27)33(40)24-39(31-17-11-10-12-25(31)2)44(42,43)28-15-8-5-9-16-28/h4-19,21,32H,3,20,22-24H2,1-2H3,(H,37,41)/t32-/m0/s1. The number of para-hydroxylation sites is 1. The molecule has 0 unspecified atom stereocenters. The summed E-state index contributed by atoms with van der Waals surface area (Å²) in [6, 6.07) is 28.4. The summed E-state index contributed by atoms with van der Waals surface area (Å²) < 4.78 is 29.2. The number of aryl methyl sites for hydroxylation is 1. The zero-order chi connectivity index (χ0) is 31.7. The lowest BCUT2D eigenvalue weighted by Crippen LogP contribution is -2.53. The maximum absolute atomic E-state index is 14.5. The molecule has 10 heteroatoms. The molecule has 0 fully saturated rings. The zero-order valence-corrected chi connectivity index (χ0v) is 26.9. The number of hydrogen-bond donors (Lipinski definition) is 1. The van der Waals surface area contributed by atoms with E-state index >= 15 is 0 Å². The van der Waals surface area contributed by atoms with Gasteiger partial charge >= 0.3 is 0 Å². The van der Waals surface area contributed by atoms with Gasteiger partial charge in [-0.3, -0.25) is 13.9 Å². The molecule has 0 aliphatic carbocycles. The van der Waals surface area contributed by atoms with Crippen molar-refractivity contribution in [2.24, 2.45) is 0 Å². The highest BCUT2D eigenvalue weighted by atomic mass is 35.5. The molecule has 0 radical (unpaired) electrons. The molecular weight excluding hydrogens is 617 g/mol. The number of carbonyl (C=O) groups is 2. The van der Waals surface area contributed by atoms with Crippen LogP contribution in [0.3, 0.4) is 0 Å². The highest BCUT2D eigenvalue weighted by molar-refractivity contribution is 7.92. The van der Waals surface area contributed by atoms with Gasteiger partial charge in [-0.2, -0.15) is 0 Å². The first-order valence-corrected chi connectivity index (χ1v) is 16.5. The van der Waals surface area contributed by atoms with Gasteiger partial charge in [0.1, 0.15) is 12.6 Å². The molecule has 0 bridgehead atoms. The van der Waals surface area contributed by atoms with E-state index < -0.39 is 28.5 Å². The topological polar surface area (TPSA) is 86.8 Å². The molecule has 1 N–H and O–H groups in total. The molecule has 1 atom stereocenters. The largest absolute Gasteiger partial charge is 0.354 e. The number of amides is 2. The Balaban J connectivity index is 1.81. The summed E-state index contributed by atoms with van der Waals surface area (Å²) in [5.74, 6) is -0.885. The van der Waals surface area contributed by atoms with E-state index in [9.17, 15) is 18.0 Å². The molecule has 2 amide bonds. The van der Waals surface area contributed by atoms with E-state index in [0.717, 1.165) is 9.87 Å². The van der Waals surface area contributed by atoms with E-state index in [1.54, 1.807) is 67.6 Å². The number of halogens is 2. The molecule has 0 spiro atoms. The van der Waals surface area contributed by atoms with Gasteiger partial charge in [-0.15, -0.1) is 0 Å². The van der Waals surface area contributed by atoms with Gasteiger partial charge in [0, 0.05) is 19.5 Å². The Labute approximate surface area is 269 Å². The Morgan fingerprint density at radius 3 is 2.09 bits per heavy atom. The van der Waals surface area contributed by atoms with Crippen molar-refractivity contribution in [3.63, 3.8) is 0 Å². The van der Waals surface area contributed by atoms with Gasteiger partial charge in [0.15, 0.2) is 0 Å². The second kappa shape index (κ2) is 15.2. The van der Waals surface area contributed by atoms with Crippen LogP contribution >= 0.6 is 23.2 Å². The van der Waals surface area contributed by atoms with E-state index in [0.29, 0.717) is 39.8 Å². The fourth-order valence-corrected chi connectivity index (χ4v) is 6.65. The number of benzene rings is 4. The summed E-state index contributed by atoms with van der Waals surface area (Å²) in [6.45, 7) is 3.63. The van der Waals surface area contributed by atoms with Crippen molar-refractivity contribution in [3.05, 3.63) is 130 Å². The molecule has 7 nitrogen and oxygen atoms in total. The third-order valence-electron chi connectivity index (χ3n) is 7.15. The van der Waals surface area contributed by atoms with Crippen molar-refractivity contribution in [3.8, 4) is 0 Å². The molecule has 4 aromatic rings. The summed E-state index contributed by atoms with van der Waals surface area (Å²) in [5, 5.41) is 3.59. The molecule has 0 aliphatic rings. The molecule has 4 rings (SSSR count). The first-order valence-electron chi connectivity index (χ1n) is 14.3. The second-order valence-electron chi connectivity index (χ2n) is 10.4. The summed E-state index contributed by atoms with van der Waals surface area (Å²) >= 11 is 12.5. The molecule has 0 saturated carbocycles. The van der Waals surface area contributed by atoms with Crippen LogP contribution in [0.25, 0.3) is 0 Å². The Morgan fingerprint density at radius 1 is 0.818 bits per heavy atom. The van der Waals surface area contributed by atoms with Crippen molar-refractivity contribution in [2.45, 2.75) is 44.2 Å². The van der Waals surface area contributed by atoms with Gasteiger partial charge in [-0.25, -0.2) is 8.42 Å². The minimum atomic E-state index is -4.16. The quantitative estimate of drug-likeness (QED) is 0.175. The Hall–Kier alpha value is -3.85. The van der Waals surface area contributed by atoms with Crippen LogP contribution in [0.2, 0.25) is 10.0 Å². The number of anilines is 1. The van der Waals surface area contributed by atoms with Crippen LogP contribution in [0, 0.1) is 6.92 Å². The van der Waals surface area contributed by atoms with E-state index in [1.165, 1.54) is 17.0 Å². The molecule has 0 saturated heterocycles. The van der Waals surface area contributed by atoms with Crippen LogP contribution in [0.4, 0.5) is 5.69 Å². The smallest absolute Gasteiger partial charge is 0.264 e. The maximum atomic E-state index is 14.5. The van der Waals surface area contributed by atoms with Crippen LogP contribution < -0.4 is 9.62 Å². The highest BCUT2D eigenvalue weighted by Gasteiger charge is 2.35. The molecule has 0 aromatic heterocycles. The fraction of sp³-hybridized carbons (Fsp3) is 0.235. The zero-order valence-electron chi connectivity index (χ0n) is 24.6. The van der Waals surface area contributed by atoms with E-state index in [2.05, 4.69) is 5.32 Å². The molecule has 44 heavy (non-hydrogen) atoms. The van der Waals surface area contributed by atoms with Crippen molar-refractivity contribution in [2.75, 3.05) is 17.4 Å². The SMILES string of the molecule is CCCNC(=O)[C@H](Cc1ccccc1)N(Cc1ccc(Cl)c(Cl)c1)C(=O)CN(c1ccccc1C)S(=O)(=O)c1ccccc1. The summed E-state index contributed by atoms with van der Waals surface area (Å²) in [5.41, 5.74) is 2.54. The number of hydrogen-bond acceptors (Lipinski definition) is 4. The van der Waals surface area contributed by atoms with E-state index in [1.807, 2.05) is 37.3 Å². The van der Waals surface area contributed by atoms with E-state index in [-0.39, 0.29) is 23.8 Å². The summed E-state index contributed by atoms with van der Waals surface area (Å²) in [7, 11) is -4.16. The first kappa shape index (κ1) is 33.1. The van der Waals surface area contributed by atoms with Crippen LogP contribution in [0.5, 0.6) is 0 Å². The molecule has 0 aliphatic heterocycles. The lowest BCUT2D eigenvalue weighted by atomic mass is 10.0. The summed E-state index contributed by atoms with van der Waals surface area (Å²) in [6.07, 6.45) is 0.931. The number of nitrogens with zero attached hydrogens (tertiary/aromatic N) is 2. The lowest BCUT2D eigenvalue weighted by Gasteiger charge is -2.34. The van der Waals surface area contributed by atoms with Gasteiger partial charge in [-0.1, -0.05) is 103 Å². The Kier molecular flexibility index (Phi) is 11.4. The molecular formula is C34H35Cl2N3O4S. The van der Waals surface area contributed by atoms with Gasteiger partial charge in [0.2, 0.25) is 11.8 Å². The average Bonchev–Trinajstić information content (AvgIpc) is 3.03. The van der Waals surface area contributed by atoms with Crippen LogP contribution in [-0.4, -0.2) is 44.3 Å². The van der Waals surface area contributed by atoms with Crippen LogP contribution in [0.15, 0.2) is 108 Å². The van der Waals surface area contributed by atoms with Gasteiger partial charge in [0.05, 0.1) is 20.6 Å². The first-order chi connectivity index (χ1) is 21.1. The third-order valence-corrected chi connectivity index (χ3v) is 9.66. The Morgan fingerprint density at radius 2 is 1.45 bits per heavy atom. The summed E-state index contributed by atoms with van der Waals surface area (Å²) in [4.78, 5) is 29.7. The van der Waals surface area contributed by atoms with Crippen molar-refractivity contribution in [1.29, 1.82) is 0 Å². The predicted octanol–water partition coefficient (Wildman–Crippen LogP) is 6.66. The second-order valence-corrected chi connectivity index (χ2v) is 13.1. The minimum absolute atomic E-state index is 0.000234. The van der Waals surface area contributed by atoms with Crippen LogP contribution in [0.1, 0.15) is 30.0 Å². The van der Waals surface area contributed by atoms with Crippen molar-refractivity contribution in [1.82, 2.24) is 10.2 Å². The molecule has 4 aromatic carbocycles. The maximum Gasteiger partial charge on any atom is 0.264 e. The van der Waals surface area contributed by atoms with Crippen LogP contribution in [-0.2, 0) is 32.6 Å². The fourth-order valence-electron chi connectivity index (χ4n) is 4.83. The Bertz CT molecular complexity index is 1690. The van der Waals surface area contributed by atoms with Crippen molar-refractivity contribution >= 4 is 50.7 Å². The van der Waals surface area contributed by atoms with E-state index in [4.69, 9.17) is 23.2 Å².